The summed E-state index contributed by atoms with van der Waals surface area (Å²) >= 11 is 0. The van der Waals surface area contributed by atoms with Crippen LogP contribution in [0, 0.1) is 0 Å². The monoisotopic (exact) mass is 1380 g/mol. The molecule has 5 heterocycles. The summed E-state index contributed by atoms with van der Waals surface area (Å²) < 4.78 is 82.2. The van der Waals surface area contributed by atoms with Gasteiger partial charge in [-0.1, -0.05) is 271 Å². The molecule has 0 spiro atoms. The Morgan fingerprint density at radius 3 is 0.972 bits per heavy atom. The van der Waals surface area contributed by atoms with Crippen LogP contribution in [0.3, 0.4) is 0 Å². The first-order chi connectivity index (χ1) is 54.4. The maximum absolute atomic E-state index is 9.85. The van der Waals surface area contributed by atoms with Crippen molar-refractivity contribution >= 4 is 123 Å². The molecule has 514 valence electrons. The molecule has 17 aromatic rings. The maximum Gasteiger partial charge on any atom is 0.252 e. The summed E-state index contributed by atoms with van der Waals surface area (Å²) in [7, 11) is 0. The van der Waals surface area contributed by atoms with Crippen LogP contribution < -0.4 is 26.2 Å². The molecule has 106 heavy (non-hydrogen) atoms. The number of hydrogen-bond acceptors (Lipinski definition) is 2. The lowest BCUT2D eigenvalue weighted by Crippen LogP contribution is -2.61. The van der Waals surface area contributed by atoms with Gasteiger partial charge in [-0.15, -0.1) is 0 Å². The van der Waals surface area contributed by atoms with E-state index < -0.39 is 30.9 Å². The minimum absolute atomic E-state index is 0.0185. The van der Waals surface area contributed by atoms with Gasteiger partial charge in [-0.3, -0.25) is 0 Å². The van der Waals surface area contributed by atoms with Crippen LogP contribution in [0.15, 0.2) is 303 Å². The molecule has 0 saturated carbocycles. The Labute approximate surface area is 634 Å². The Balaban J connectivity index is 0.994. The summed E-state index contributed by atoms with van der Waals surface area (Å²) in [5.41, 5.74) is 25.4. The molecule has 0 radical (unpaired) electrons. The molecule has 14 aromatic carbocycles. The molecule has 0 N–H and O–H groups in total. The highest BCUT2D eigenvalue weighted by Gasteiger charge is 2.45. The fourth-order valence-corrected chi connectivity index (χ4v) is 16.8. The highest BCUT2D eigenvalue weighted by atomic mass is 15.2. The van der Waals surface area contributed by atoms with Crippen LogP contribution in [-0.2, 0) is 21.7 Å². The quantitative estimate of drug-likeness (QED) is 0.141. The first-order valence-corrected chi connectivity index (χ1v) is 37.1. The van der Waals surface area contributed by atoms with Crippen LogP contribution in [0.1, 0.15) is 116 Å². The van der Waals surface area contributed by atoms with Gasteiger partial charge >= 0.3 is 0 Å². The van der Waals surface area contributed by atoms with Gasteiger partial charge in [-0.25, -0.2) is 0 Å². The average molecular weight is 1380 g/mol. The fourth-order valence-electron chi connectivity index (χ4n) is 16.8. The molecule has 5 nitrogen and oxygen atoms in total. The van der Waals surface area contributed by atoms with Gasteiger partial charge in [0.2, 0.25) is 0 Å². The zero-order valence-electron chi connectivity index (χ0n) is 70.1. The SMILES string of the molecule is [2H]c1c([2H])c([2H])c2c(c1[2H])c1c([2H])c([2H])c([2H])c([2H])c1n2-c1ccc2c(c1)N(c1cc(C(C)(C)C)cc(C(C)(C)C)c1)c1cc(-n3c4ccc(-c5ccccc5)cc4c4cc(-c5ccccc5)ccc43)cc3c1B2c1ccc(-n2c4ccccc4c4cc(-c5ccccc5)ccc42)cc1N3c1cc(C(C)(C)C)cc(C(C)(C)C)c1. The Bertz CT molecular complexity index is 6710. The maximum atomic E-state index is 9.85. The number of para-hydroxylation sites is 3. The lowest BCUT2D eigenvalue weighted by Gasteiger charge is -2.45. The van der Waals surface area contributed by atoms with E-state index in [1.165, 1.54) is 11.1 Å². The van der Waals surface area contributed by atoms with Crippen LogP contribution in [-0.4, -0.2) is 20.4 Å². The largest absolute Gasteiger partial charge is 0.311 e. The Hall–Kier alpha value is -11.9. The molecule has 0 bridgehead atoms. The van der Waals surface area contributed by atoms with E-state index in [0.29, 0.717) is 5.69 Å². The van der Waals surface area contributed by atoms with Crippen LogP contribution in [0.2, 0.25) is 0 Å². The van der Waals surface area contributed by atoms with Crippen molar-refractivity contribution in [3.8, 4) is 50.4 Å². The third-order valence-electron chi connectivity index (χ3n) is 22.4. The minimum Gasteiger partial charge on any atom is -0.311 e. The Kier molecular flexibility index (Phi) is 12.7. The summed E-state index contributed by atoms with van der Waals surface area (Å²) in [5.74, 6) is 0. The molecule has 0 amide bonds. The third kappa shape index (κ3) is 10.5. The zero-order chi connectivity index (χ0) is 79.4. The molecule has 2 aliphatic heterocycles. The van der Waals surface area contributed by atoms with Gasteiger partial charge in [-0.05, 0) is 209 Å². The van der Waals surface area contributed by atoms with E-state index in [9.17, 15) is 8.22 Å². The molecule has 2 aliphatic rings. The molecule has 0 unspecified atom stereocenters. The van der Waals surface area contributed by atoms with E-state index in [4.69, 9.17) is 2.74 Å². The second-order valence-corrected chi connectivity index (χ2v) is 33.3. The van der Waals surface area contributed by atoms with Gasteiger partial charge in [0.15, 0.2) is 0 Å². The summed E-state index contributed by atoms with van der Waals surface area (Å²) in [5, 5.41) is 4.51. The fraction of sp³-hybridized carbons (Fsp3) is 0.160. The highest BCUT2D eigenvalue weighted by molar-refractivity contribution is 7.00. The molecule has 3 aromatic heterocycles. The Morgan fingerprint density at radius 2 is 0.575 bits per heavy atom. The lowest BCUT2D eigenvalue weighted by molar-refractivity contribution is 0.568. The van der Waals surface area contributed by atoms with E-state index in [2.05, 4.69) is 351 Å². The van der Waals surface area contributed by atoms with Crippen molar-refractivity contribution in [2.45, 2.75) is 105 Å². The highest BCUT2D eigenvalue weighted by Crippen LogP contribution is 2.51. The lowest BCUT2D eigenvalue weighted by atomic mass is 9.33. The minimum atomic E-state index is -0.494. The third-order valence-corrected chi connectivity index (χ3v) is 22.4. The van der Waals surface area contributed by atoms with Gasteiger partial charge in [0.25, 0.3) is 6.71 Å². The Morgan fingerprint density at radius 1 is 0.245 bits per heavy atom. The molecule has 0 saturated heterocycles. The molecule has 0 atom stereocenters. The first-order valence-electron chi connectivity index (χ1n) is 41.1. The van der Waals surface area contributed by atoms with Gasteiger partial charge < -0.3 is 23.5 Å². The molecular formula is C100H86BN5. The summed E-state index contributed by atoms with van der Waals surface area (Å²) in [4.78, 5) is 5.00. The molecule has 0 fully saturated rings. The molecule has 0 aliphatic carbocycles. The number of benzene rings is 14. The van der Waals surface area contributed by atoms with Gasteiger partial charge in [0, 0.05) is 77.8 Å². The van der Waals surface area contributed by atoms with Gasteiger partial charge in [0.1, 0.15) is 0 Å². The average Bonchev–Trinajstić information content (AvgIpc) is 1.03. The van der Waals surface area contributed by atoms with Crippen molar-refractivity contribution < 1.29 is 11.0 Å². The number of anilines is 6. The predicted molar refractivity (Wildman–Crippen MR) is 455 cm³/mol. The molecular weight excluding hydrogens is 1280 g/mol. The van der Waals surface area contributed by atoms with Crippen LogP contribution in [0.5, 0.6) is 0 Å². The van der Waals surface area contributed by atoms with Crippen LogP contribution in [0.25, 0.3) is 116 Å². The van der Waals surface area contributed by atoms with Crippen LogP contribution >= 0.6 is 0 Å². The van der Waals surface area contributed by atoms with Gasteiger partial charge in [0.05, 0.1) is 49.8 Å². The van der Waals surface area contributed by atoms with E-state index in [1.807, 2.05) is 6.07 Å². The second kappa shape index (κ2) is 23.8. The van der Waals surface area contributed by atoms with Crippen molar-refractivity contribution in [3.05, 3.63) is 325 Å². The molecule has 19 rings (SSSR count). The number of nitrogens with zero attached hydrogens (tertiary/aromatic N) is 5. The summed E-state index contributed by atoms with van der Waals surface area (Å²) in [6, 6.07) is 90.3. The van der Waals surface area contributed by atoms with E-state index in [0.717, 1.165) is 150 Å². The molecule has 6 heteroatoms. The van der Waals surface area contributed by atoms with E-state index in [-0.39, 0.29) is 67.6 Å². The van der Waals surface area contributed by atoms with Crippen molar-refractivity contribution in [3.63, 3.8) is 0 Å². The number of aromatic nitrogens is 3. The first kappa shape index (κ1) is 56.6. The van der Waals surface area contributed by atoms with Gasteiger partial charge in [-0.2, -0.15) is 0 Å². The standard InChI is InChI=1S/C100H86BN5/c1-97(2,3)69-53-70(98(4,5)6)56-75(55-69)105-92-59-73(102-86-37-25-22-34-78(86)79-35-23-26-38-87(79)102)43-45-84(92)101-85-46-44-74(103-88-39-27-24-36-80(88)81-50-66(40-47-89(81)103)63-28-16-13-17-29-63)60-93(85)106(76-57-71(99(7,8)9)54-72(58-76)100(10,11)12)95-62-77(61-94(105)96(95)101)104-90-48-41-67(64-30-18-14-19-31-64)51-82(90)83-52-68(42-49-91(83)104)65-32-20-15-21-33-65/h13-62H,1-12H3/i22D,23D,25D,26D,34D,35D,37D,38D. The van der Waals surface area contributed by atoms with Crippen molar-refractivity contribution in [2.24, 2.45) is 0 Å². The van der Waals surface area contributed by atoms with Crippen LogP contribution in [0.4, 0.5) is 34.1 Å². The number of rotatable bonds is 8. The van der Waals surface area contributed by atoms with Crippen molar-refractivity contribution in [1.82, 2.24) is 13.7 Å². The summed E-state index contributed by atoms with van der Waals surface area (Å²) in [6.45, 7) is 27.0. The topological polar surface area (TPSA) is 21.3 Å². The summed E-state index contributed by atoms with van der Waals surface area (Å²) in [6.07, 6.45) is 0. The van der Waals surface area contributed by atoms with E-state index >= 15 is 0 Å². The normalized spacial score (nSPS) is 14.3. The number of fused-ring (bicyclic) bond motifs is 13. The number of hydrogen-bond donors (Lipinski definition) is 0. The van der Waals surface area contributed by atoms with E-state index in [1.54, 1.807) is 4.57 Å². The zero-order valence-corrected chi connectivity index (χ0v) is 62.1. The second-order valence-electron chi connectivity index (χ2n) is 33.3. The smallest absolute Gasteiger partial charge is 0.252 e. The van der Waals surface area contributed by atoms with Crippen molar-refractivity contribution in [1.29, 1.82) is 0 Å². The van der Waals surface area contributed by atoms with Crippen molar-refractivity contribution in [2.75, 3.05) is 9.80 Å². The predicted octanol–water partition coefficient (Wildman–Crippen LogP) is 25.3.